The Kier molecular flexibility index (Phi) is 5.79. The van der Waals surface area contributed by atoms with Crippen LogP contribution in [0.1, 0.15) is 15.9 Å². The van der Waals surface area contributed by atoms with Gasteiger partial charge in [-0.1, -0.05) is 6.07 Å². The van der Waals surface area contributed by atoms with Crippen molar-refractivity contribution in [1.29, 1.82) is 0 Å². The molecule has 0 saturated heterocycles. The fourth-order valence-electron chi connectivity index (χ4n) is 2.31. The van der Waals surface area contributed by atoms with Gasteiger partial charge in [0.25, 0.3) is 0 Å². The van der Waals surface area contributed by atoms with Crippen LogP contribution in [0.25, 0.3) is 0 Å². The van der Waals surface area contributed by atoms with Crippen LogP contribution in [-0.2, 0) is 6.18 Å². The Labute approximate surface area is 161 Å². The third-order valence-electron chi connectivity index (χ3n) is 3.53. The first-order chi connectivity index (χ1) is 13.2. The molecule has 12 heteroatoms. The highest BCUT2D eigenvalue weighted by molar-refractivity contribution is 5.93. The molecule has 2 rings (SSSR count). The summed E-state index contributed by atoms with van der Waals surface area (Å²) in [6, 6.07) is 4.73. The average molecular weight is 420 g/mol. The Bertz CT molecular complexity index is 934. The number of rotatable bonds is 5. The topological polar surface area (TPSA) is 72.7 Å². The maximum Gasteiger partial charge on any atom is 0.416 e. The van der Waals surface area contributed by atoms with Crippen LogP contribution in [0.4, 0.5) is 22.0 Å². The molecule has 0 aliphatic carbocycles. The molecule has 0 heterocycles. The highest BCUT2D eigenvalue weighted by atomic mass is 19.4. The Morgan fingerprint density at radius 3 is 2.10 bits per heavy atom. The van der Waals surface area contributed by atoms with E-state index < -0.39 is 44.7 Å². The number of carbonyl (C=O) groups is 1. The van der Waals surface area contributed by atoms with Crippen LogP contribution in [0.3, 0.4) is 0 Å². The minimum absolute atomic E-state index is 0.0684. The quantitative estimate of drug-likeness (QED) is 0.317. The summed E-state index contributed by atoms with van der Waals surface area (Å²) in [6.45, 7) is 0. The van der Waals surface area contributed by atoms with Crippen molar-refractivity contribution in [3.63, 3.8) is 0 Å². The number of nitrogens with zero attached hydrogens (tertiary/aromatic N) is 3. The fraction of sp³-hybridized carbons (Fsp3) is 0.235. The van der Waals surface area contributed by atoms with Gasteiger partial charge in [0.05, 0.1) is 32.3 Å². The predicted molar refractivity (Wildman–Crippen MR) is 89.1 cm³/mol. The van der Waals surface area contributed by atoms with Crippen molar-refractivity contribution in [3.05, 3.63) is 69.3 Å². The molecule has 0 fully saturated rings. The van der Waals surface area contributed by atoms with Gasteiger partial charge < -0.3 is 4.74 Å². The molecule has 0 aromatic heterocycles. The summed E-state index contributed by atoms with van der Waals surface area (Å²) in [7, 11) is 4.11. The highest BCUT2D eigenvalue weighted by Crippen LogP contribution is 2.35. The fourth-order valence-corrected chi connectivity index (χ4v) is 2.31. The first-order valence-corrected chi connectivity index (χ1v) is 7.86. The number of halogens is 5. The van der Waals surface area contributed by atoms with Crippen molar-refractivity contribution >= 4 is 5.91 Å². The van der Waals surface area contributed by atoms with Gasteiger partial charge in [-0.25, -0.2) is 18.9 Å². The molecule has 0 unspecified atom stereocenters. The summed E-state index contributed by atoms with van der Waals surface area (Å²) in [5.74, 6) is -5.67. The number of hydrazine groups is 1. The van der Waals surface area contributed by atoms with E-state index in [2.05, 4.69) is 0 Å². The van der Waals surface area contributed by atoms with Crippen LogP contribution in [0.5, 0.6) is 11.5 Å². The van der Waals surface area contributed by atoms with E-state index in [9.17, 15) is 36.9 Å². The second-order valence-electron chi connectivity index (χ2n) is 6.67. The molecule has 0 radical (unpaired) electrons. The van der Waals surface area contributed by atoms with E-state index >= 15 is 0 Å². The SMILES string of the molecule is C[N+](C)(C)N(C(=O)c1cccc(Oc2c(F)cc(C(F)(F)F)cc2F)c1)[N+](=O)[O-]. The molecule has 2 aromatic carbocycles. The lowest BCUT2D eigenvalue weighted by atomic mass is 10.2. The third-order valence-corrected chi connectivity index (χ3v) is 3.53. The van der Waals surface area contributed by atoms with Gasteiger partial charge in [0.1, 0.15) is 10.9 Å². The van der Waals surface area contributed by atoms with Crippen LogP contribution < -0.4 is 4.74 Å². The van der Waals surface area contributed by atoms with Crippen molar-refractivity contribution in [2.75, 3.05) is 21.1 Å². The summed E-state index contributed by atoms with van der Waals surface area (Å²) in [5.41, 5.74) is -1.77. The normalized spacial score (nSPS) is 11.9. The Morgan fingerprint density at radius 2 is 1.66 bits per heavy atom. The summed E-state index contributed by atoms with van der Waals surface area (Å²) in [4.78, 5) is 23.7. The van der Waals surface area contributed by atoms with Gasteiger partial charge in [0.2, 0.25) is 5.03 Å². The molecule has 2 aromatic rings. The van der Waals surface area contributed by atoms with Crippen LogP contribution in [0.2, 0.25) is 0 Å². The lowest BCUT2D eigenvalue weighted by Crippen LogP contribution is -2.57. The molecular weight excluding hydrogens is 405 g/mol. The van der Waals surface area contributed by atoms with Crippen molar-refractivity contribution in [2.24, 2.45) is 0 Å². The zero-order chi connectivity index (χ0) is 22.1. The van der Waals surface area contributed by atoms with E-state index in [0.717, 1.165) is 6.07 Å². The Hall–Kier alpha value is -3.28. The van der Waals surface area contributed by atoms with Crippen molar-refractivity contribution in [1.82, 2.24) is 5.12 Å². The van der Waals surface area contributed by atoms with Gasteiger partial charge in [-0.15, -0.1) is 0 Å². The third kappa shape index (κ3) is 4.96. The summed E-state index contributed by atoms with van der Waals surface area (Å²) in [5, 5.41) is 10.6. The average Bonchev–Trinajstić information content (AvgIpc) is 2.55. The summed E-state index contributed by atoms with van der Waals surface area (Å²) >= 11 is 0. The van der Waals surface area contributed by atoms with Crippen LogP contribution in [-0.4, -0.2) is 41.8 Å². The number of hydrogen-bond acceptors (Lipinski definition) is 4. The molecule has 0 aliphatic heterocycles. The Morgan fingerprint density at radius 1 is 1.10 bits per heavy atom. The Balaban J connectivity index is 2.38. The van der Waals surface area contributed by atoms with Gasteiger partial charge in [-0.2, -0.15) is 17.8 Å². The zero-order valence-electron chi connectivity index (χ0n) is 15.3. The number of benzene rings is 2. The van der Waals surface area contributed by atoms with Crippen molar-refractivity contribution in [2.45, 2.75) is 6.18 Å². The molecule has 0 bridgehead atoms. The highest BCUT2D eigenvalue weighted by Gasteiger charge is 2.39. The molecule has 0 N–H and O–H groups in total. The molecular formula is C17H15F5N3O4+. The van der Waals surface area contributed by atoms with E-state index in [0.29, 0.717) is 5.12 Å². The van der Waals surface area contributed by atoms with Gasteiger partial charge in [0, 0.05) is 0 Å². The number of carbonyl (C=O) groups excluding carboxylic acids is 1. The van der Waals surface area contributed by atoms with E-state index in [1.54, 1.807) is 0 Å². The lowest BCUT2D eigenvalue weighted by Gasteiger charge is -2.26. The smallest absolute Gasteiger partial charge is 0.416 e. The number of nitro groups is 1. The second kappa shape index (κ2) is 7.62. The van der Waals surface area contributed by atoms with Crippen LogP contribution in [0.15, 0.2) is 36.4 Å². The van der Waals surface area contributed by atoms with Crippen LogP contribution in [0, 0.1) is 21.7 Å². The van der Waals surface area contributed by atoms with Crippen molar-refractivity contribution in [3.8, 4) is 11.5 Å². The molecule has 0 aliphatic rings. The summed E-state index contributed by atoms with van der Waals surface area (Å²) in [6.07, 6.45) is -4.95. The largest absolute Gasteiger partial charge is 0.451 e. The standard InChI is InChI=1S/C17H15F5N3O4/c1-25(2,3)23(24(27)28)16(26)10-5-4-6-12(7-10)29-15-13(18)8-11(9-14(15)19)17(20,21)22/h4-9H,1-3H3/q+1. The first kappa shape index (κ1) is 22.0. The maximum absolute atomic E-state index is 13.9. The molecule has 0 saturated carbocycles. The number of amides is 1. The summed E-state index contributed by atoms with van der Waals surface area (Å²) < 4.78 is 70.2. The molecule has 7 nitrogen and oxygen atoms in total. The first-order valence-electron chi connectivity index (χ1n) is 7.86. The van der Waals surface area contributed by atoms with E-state index in [1.165, 1.54) is 39.3 Å². The number of hydrogen-bond donors (Lipinski definition) is 0. The van der Waals surface area contributed by atoms with E-state index in [1.807, 2.05) is 0 Å². The predicted octanol–water partition coefficient (Wildman–Crippen LogP) is 4.03. The van der Waals surface area contributed by atoms with Gasteiger partial charge >= 0.3 is 12.1 Å². The second-order valence-corrected chi connectivity index (χ2v) is 6.67. The van der Waals surface area contributed by atoms with Crippen molar-refractivity contribution < 1.29 is 41.1 Å². The van der Waals surface area contributed by atoms with Gasteiger partial charge in [0.15, 0.2) is 17.4 Å². The number of quaternary nitrogens is 1. The van der Waals surface area contributed by atoms with Crippen LogP contribution >= 0.6 is 0 Å². The lowest BCUT2D eigenvalue weighted by molar-refractivity contribution is -1.09. The monoisotopic (exact) mass is 420 g/mol. The van der Waals surface area contributed by atoms with Gasteiger partial charge in [-0.3, -0.25) is 4.79 Å². The molecule has 1 amide bonds. The molecule has 29 heavy (non-hydrogen) atoms. The zero-order valence-corrected chi connectivity index (χ0v) is 15.3. The number of ether oxygens (including phenoxy) is 1. The van der Waals surface area contributed by atoms with E-state index in [4.69, 9.17) is 4.74 Å². The number of alkyl halides is 3. The molecule has 156 valence electrons. The van der Waals surface area contributed by atoms with Gasteiger partial charge in [-0.05, 0) is 30.3 Å². The minimum atomic E-state index is -4.95. The maximum atomic E-state index is 13.9. The molecule has 0 spiro atoms. The molecule has 0 atom stereocenters. The minimum Gasteiger partial charge on any atom is -0.451 e. The van der Waals surface area contributed by atoms with E-state index in [-0.39, 0.29) is 23.4 Å².